The van der Waals surface area contributed by atoms with E-state index in [9.17, 15) is 0 Å². The molecule has 0 unspecified atom stereocenters. The first-order valence-electron chi connectivity index (χ1n) is 10.6. The van der Waals surface area contributed by atoms with Gasteiger partial charge in [0.2, 0.25) is 0 Å². The topological polar surface area (TPSA) is 0 Å². The van der Waals surface area contributed by atoms with Gasteiger partial charge in [0, 0.05) is 11.1 Å². The van der Waals surface area contributed by atoms with Gasteiger partial charge < -0.3 is 0 Å². The fraction of sp³-hybridized carbons (Fsp3) is 0. The van der Waals surface area contributed by atoms with Gasteiger partial charge >= 0.3 is 0 Å². The van der Waals surface area contributed by atoms with Crippen LogP contribution >= 0.6 is 0 Å². The molecule has 4 aromatic rings. The van der Waals surface area contributed by atoms with Crippen LogP contribution in [0.5, 0.6) is 0 Å². The highest BCUT2D eigenvalue weighted by atomic mass is 14.2. The Balaban J connectivity index is 1.53. The SMILES string of the molecule is C(=C=C=C=C1c2ccccc2-c2ccccc21)=C=C=C1c2ccccc2-c2ccccc21. The maximum atomic E-state index is 3.27. The molecule has 2 aliphatic carbocycles. The van der Waals surface area contributed by atoms with Crippen LogP contribution < -0.4 is 0 Å². The van der Waals surface area contributed by atoms with E-state index in [1.807, 2.05) is 0 Å². The van der Waals surface area contributed by atoms with Gasteiger partial charge in [-0.3, -0.25) is 0 Å². The predicted octanol–water partition coefficient (Wildman–Crippen LogP) is 7.59. The van der Waals surface area contributed by atoms with Gasteiger partial charge in [-0.2, -0.15) is 0 Å². The van der Waals surface area contributed by atoms with Crippen molar-refractivity contribution in [2.75, 3.05) is 0 Å². The Morgan fingerprint density at radius 3 is 0.812 bits per heavy atom. The Bertz CT molecular complexity index is 1450. The first-order valence-corrected chi connectivity index (χ1v) is 10.6. The quantitative estimate of drug-likeness (QED) is 0.230. The summed E-state index contributed by atoms with van der Waals surface area (Å²) in [4.78, 5) is 0. The van der Waals surface area contributed by atoms with E-state index in [0.717, 1.165) is 11.1 Å². The summed E-state index contributed by atoms with van der Waals surface area (Å²) in [6, 6.07) is 33.6. The molecule has 0 fully saturated rings. The molecule has 32 heavy (non-hydrogen) atoms. The van der Waals surface area contributed by atoms with Crippen LogP contribution in [0.1, 0.15) is 22.3 Å². The second-order valence-corrected chi connectivity index (χ2v) is 7.68. The minimum atomic E-state index is 1.03. The summed E-state index contributed by atoms with van der Waals surface area (Å²) in [7, 11) is 0. The van der Waals surface area contributed by atoms with Crippen LogP contribution in [0.3, 0.4) is 0 Å². The number of rotatable bonds is 0. The van der Waals surface area contributed by atoms with Crippen molar-refractivity contribution in [3.05, 3.63) is 154 Å². The molecule has 0 heterocycles. The van der Waals surface area contributed by atoms with E-state index < -0.39 is 0 Å². The molecule has 0 saturated carbocycles. The van der Waals surface area contributed by atoms with Gasteiger partial charge in [-0.15, -0.1) is 0 Å². The second-order valence-electron chi connectivity index (χ2n) is 7.68. The van der Waals surface area contributed by atoms with Crippen molar-refractivity contribution in [3.63, 3.8) is 0 Å². The molecule has 6 rings (SSSR count). The Morgan fingerprint density at radius 2 is 0.531 bits per heavy atom. The number of benzene rings is 4. The summed E-state index contributed by atoms with van der Waals surface area (Å²) >= 11 is 0. The van der Waals surface area contributed by atoms with E-state index in [0.29, 0.717) is 0 Å². The molecule has 0 radical (unpaired) electrons. The van der Waals surface area contributed by atoms with Crippen molar-refractivity contribution in [3.8, 4) is 22.3 Å². The predicted molar refractivity (Wildman–Crippen MR) is 130 cm³/mol. The molecule has 4 aromatic carbocycles. The first kappa shape index (κ1) is 18.1. The molecule has 2 aliphatic rings. The second kappa shape index (κ2) is 7.52. The van der Waals surface area contributed by atoms with Gasteiger partial charge in [-0.25, -0.2) is 0 Å². The van der Waals surface area contributed by atoms with Crippen LogP contribution in [0, 0.1) is 0 Å². The molecule has 0 nitrogen and oxygen atoms in total. The maximum absolute atomic E-state index is 3.27. The monoisotopic (exact) mass is 400 g/mol. The molecule has 144 valence electrons. The summed E-state index contributed by atoms with van der Waals surface area (Å²) in [6.45, 7) is 0. The minimum Gasteiger partial charge on any atom is -0.0616 e. The van der Waals surface area contributed by atoms with Crippen LogP contribution in [-0.4, -0.2) is 0 Å². The third-order valence-electron chi connectivity index (χ3n) is 5.93. The van der Waals surface area contributed by atoms with Crippen LogP contribution in [0.4, 0.5) is 0 Å². The van der Waals surface area contributed by atoms with Gasteiger partial charge in [0.05, 0.1) is 0 Å². The molecular weight excluding hydrogens is 384 g/mol. The average molecular weight is 400 g/mol. The molecule has 0 spiro atoms. The molecule has 0 aromatic heterocycles. The number of hydrogen-bond acceptors (Lipinski definition) is 0. The van der Waals surface area contributed by atoms with Crippen LogP contribution in [-0.2, 0) is 0 Å². The Hall–Kier alpha value is -4.70. The maximum Gasteiger partial charge on any atom is 0.0412 e. The zero-order valence-corrected chi connectivity index (χ0v) is 17.2. The largest absolute Gasteiger partial charge is 0.0616 e. The highest BCUT2D eigenvalue weighted by Crippen LogP contribution is 2.44. The smallest absolute Gasteiger partial charge is 0.0412 e. The highest BCUT2D eigenvalue weighted by molar-refractivity contribution is 6.01. The van der Waals surface area contributed by atoms with Crippen molar-refractivity contribution in [2.24, 2.45) is 0 Å². The molecule has 0 N–H and O–H groups in total. The summed E-state index contributed by atoms with van der Waals surface area (Å²) < 4.78 is 0. The molecular formula is C32H16. The Morgan fingerprint density at radius 1 is 0.281 bits per heavy atom. The standard InChI is InChI=1S/C32H16/c1(3-13-23-25-15-5-9-19-29(25)30-20-10-6-16-26(23)30)2-4-14-24-27-17-7-11-21-31(27)32-22-12-8-18-28(24)32/h5-12,15-22H. The van der Waals surface area contributed by atoms with Gasteiger partial charge in [0.15, 0.2) is 0 Å². The zero-order chi connectivity index (χ0) is 21.3. The van der Waals surface area contributed by atoms with Crippen molar-refractivity contribution in [1.82, 2.24) is 0 Å². The van der Waals surface area contributed by atoms with Gasteiger partial charge in [-0.1, -0.05) is 109 Å². The molecule has 0 amide bonds. The lowest BCUT2D eigenvalue weighted by Crippen LogP contribution is -1.77. The lowest BCUT2D eigenvalue weighted by atomic mass is 10.1. The summed E-state index contributed by atoms with van der Waals surface area (Å²) in [5, 5.41) is 0. The van der Waals surface area contributed by atoms with Gasteiger partial charge in [-0.05, 0) is 67.4 Å². The van der Waals surface area contributed by atoms with Crippen molar-refractivity contribution in [1.29, 1.82) is 0 Å². The van der Waals surface area contributed by atoms with Crippen molar-refractivity contribution < 1.29 is 0 Å². The Kier molecular flexibility index (Phi) is 4.26. The summed E-state index contributed by atoms with van der Waals surface area (Å²) in [5.41, 5.74) is 30.1. The lowest BCUT2D eigenvalue weighted by Gasteiger charge is -1.97. The van der Waals surface area contributed by atoms with E-state index in [2.05, 4.69) is 131 Å². The molecule has 0 bridgehead atoms. The van der Waals surface area contributed by atoms with E-state index in [-0.39, 0.29) is 0 Å². The molecule has 0 saturated heterocycles. The summed E-state index contributed by atoms with van der Waals surface area (Å²) in [5.74, 6) is 0. The number of fused-ring (bicyclic) bond motifs is 6. The van der Waals surface area contributed by atoms with E-state index in [1.54, 1.807) is 0 Å². The molecule has 0 atom stereocenters. The third kappa shape index (κ3) is 2.86. The van der Waals surface area contributed by atoms with Crippen molar-refractivity contribution in [2.45, 2.75) is 0 Å². The Labute approximate surface area is 187 Å². The van der Waals surface area contributed by atoms with Gasteiger partial charge in [0.25, 0.3) is 0 Å². The first-order chi connectivity index (χ1) is 15.9. The molecule has 0 aliphatic heterocycles. The molecule has 0 heteroatoms. The lowest BCUT2D eigenvalue weighted by molar-refractivity contribution is 1.65. The van der Waals surface area contributed by atoms with Crippen molar-refractivity contribution >= 4 is 11.1 Å². The normalized spacial score (nSPS) is 11.5. The summed E-state index contributed by atoms with van der Waals surface area (Å²) in [6.07, 6.45) is 0. The third-order valence-corrected chi connectivity index (χ3v) is 5.93. The van der Waals surface area contributed by atoms with Crippen LogP contribution in [0.2, 0.25) is 0 Å². The van der Waals surface area contributed by atoms with E-state index in [1.165, 1.54) is 44.5 Å². The fourth-order valence-electron chi connectivity index (χ4n) is 4.55. The zero-order valence-electron chi connectivity index (χ0n) is 17.2. The highest BCUT2D eigenvalue weighted by Gasteiger charge is 2.22. The van der Waals surface area contributed by atoms with E-state index >= 15 is 0 Å². The minimum absolute atomic E-state index is 1.03. The van der Waals surface area contributed by atoms with E-state index in [4.69, 9.17) is 0 Å². The number of hydrogen-bond donors (Lipinski definition) is 0. The fourth-order valence-corrected chi connectivity index (χ4v) is 4.55. The van der Waals surface area contributed by atoms with Crippen LogP contribution in [0.15, 0.2) is 131 Å². The van der Waals surface area contributed by atoms with Gasteiger partial charge in [0.1, 0.15) is 0 Å². The average Bonchev–Trinajstić information content (AvgIpc) is 3.35. The van der Waals surface area contributed by atoms with Crippen LogP contribution in [0.25, 0.3) is 33.4 Å².